The number of unbranched alkanes of at least 4 members (excludes halogenated alkanes) is 15. The van der Waals surface area contributed by atoms with Crippen molar-refractivity contribution in [2.24, 2.45) is 0 Å². The van der Waals surface area contributed by atoms with Gasteiger partial charge in [0.15, 0.2) is 0 Å². The van der Waals surface area contributed by atoms with Crippen LogP contribution in [-0.4, -0.2) is 34.1 Å². The van der Waals surface area contributed by atoms with Crippen molar-refractivity contribution in [3.8, 4) is 0 Å². The number of carbonyl (C=O) groups excluding carboxylic acids is 1. The second kappa shape index (κ2) is 22.3. The third-order valence-electron chi connectivity index (χ3n) is 5.68. The van der Waals surface area contributed by atoms with Crippen molar-refractivity contribution in [1.29, 1.82) is 0 Å². The van der Waals surface area contributed by atoms with Gasteiger partial charge in [-0.2, -0.15) is 0 Å². The molecule has 0 saturated heterocycles. The van der Waals surface area contributed by atoms with E-state index in [-0.39, 0.29) is 6.42 Å². The Hall–Kier alpha value is -1.85. The lowest BCUT2D eigenvalue weighted by Gasteiger charge is -2.12. The van der Waals surface area contributed by atoms with Gasteiger partial charge in [0.05, 0.1) is 6.42 Å². The van der Waals surface area contributed by atoms with E-state index in [1.165, 1.54) is 77.0 Å². The Morgan fingerprint density at radius 2 is 1.12 bits per heavy atom. The van der Waals surface area contributed by atoms with Gasteiger partial charge < -0.3 is 15.5 Å². The molecule has 0 spiro atoms. The zero-order valence-electron chi connectivity index (χ0n) is 20.3. The molecule has 0 fully saturated rings. The second-order valence-corrected chi connectivity index (χ2v) is 8.80. The van der Waals surface area contributed by atoms with Crippen molar-refractivity contribution >= 4 is 17.8 Å². The van der Waals surface area contributed by atoms with E-state index in [1.807, 2.05) is 0 Å². The molecule has 6 nitrogen and oxygen atoms in total. The van der Waals surface area contributed by atoms with Crippen molar-refractivity contribution < 1.29 is 24.6 Å². The van der Waals surface area contributed by atoms with Crippen LogP contribution in [0, 0.1) is 0 Å². The molecule has 186 valence electrons. The first-order chi connectivity index (χ1) is 15.5. The second-order valence-electron chi connectivity index (χ2n) is 8.80. The van der Waals surface area contributed by atoms with Crippen molar-refractivity contribution in [2.75, 3.05) is 0 Å². The Balaban J connectivity index is 3.41. The van der Waals surface area contributed by atoms with E-state index >= 15 is 0 Å². The molecule has 3 N–H and O–H groups in total. The summed E-state index contributed by atoms with van der Waals surface area (Å²) in [6, 6.07) is -1.35. The summed E-state index contributed by atoms with van der Waals surface area (Å²) in [5, 5.41) is 19.9. The number of amides is 1. The molecule has 1 amide bonds. The summed E-state index contributed by atoms with van der Waals surface area (Å²) >= 11 is 0. The maximum Gasteiger partial charge on any atom is 0.326 e. The summed E-state index contributed by atoms with van der Waals surface area (Å²) in [7, 11) is 0. The highest BCUT2D eigenvalue weighted by atomic mass is 16.4. The third-order valence-corrected chi connectivity index (χ3v) is 5.68. The quantitative estimate of drug-likeness (QED) is 0.119. The maximum atomic E-state index is 11.7. The Bertz CT molecular complexity index is 518. The molecular formula is C26H47NO5. The molecule has 0 bridgehead atoms. The number of aliphatic carboxylic acids is 2. The average molecular weight is 454 g/mol. The van der Waals surface area contributed by atoms with Crippen LogP contribution in [0.1, 0.15) is 129 Å². The van der Waals surface area contributed by atoms with Crippen molar-refractivity contribution in [2.45, 2.75) is 135 Å². The molecule has 0 aromatic rings. The first-order valence-electron chi connectivity index (χ1n) is 12.9. The minimum absolute atomic E-state index is 0.243. The number of allylic oxidation sites excluding steroid dienone is 2. The summed E-state index contributed by atoms with van der Waals surface area (Å²) in [5.74, 6) is -2.95. The topological polar surface area (TPSA) is 104 Å². The van der Waals surface area contributed by atoms with Crippen LogP contribution in [0.3, 0.4) is 0 Å². The van der Waals surface area contributed by atoms with Gasteiger partial charge in [-0.05, 0) is 32.1 Å². The molecule has 1 atom stereocenters. The van der Waals surface area contributed by atoms with Crippen LogP contribution in [0.5, 0.6) is 0 Å². The van der Waals surface area contributed by atoms with E-state index < -0.39 is 30.3 Å². The zero-order valence-corrected chi connectivity index (χ0v) is 20.3. The van der Waals surface area contributed by atoms with E-state index in [0.29, 0.717) is 6.42 Å². The third kappa shape index (κ3) is 21.4. The minimum atomic E-state index is -1.35. The Kier molecular flexibility index (Phi) is 21.1. The summed E-state index contributed by atoms with van der Waals surface area (Å²) in [4.78, 5) is 33.3. The lowest BCUT2D eigenvalue weighted by Crippen LogP contribution is -2.42. The first-order valence-corrected chi connectivity index (χ1v) is 12.9. The van der Waals surface area contributed by atoms with Gasteiger partial charge in [0.25, 0.3) is 0 Å². The molecular weight excluding hydrogens is 406 g/mol. The van der Waals surface area contributed by atoms with Crippen LogP contribution in [0.25, 0.3) is 0 Å². The van der Waals surface area contributed by atoms with Crippen molar-refractivity contribution in [1.82, 2.24) is 5.32 Å². The highest BCUT2D eigenvalue weighted by Gasteiger charge is 2.22. The number of nitrogens with one attached hydrogen (secondary N) is 1. The molecule has 0 aliphatic rings. The lowest BCUT2D eigenvalue weighted by molar-refractivity contribution is -0.147. The minimum Gasteiger partial charge on any atom is -0.481 e. The van der Waals surface area contributed by atoms with E-state index in [4.69, 9.17) is 10.2 Å². The van der Waals surface area contributed by atoms with Crippen LogP contribution in [0.4, 0.5) is 0 Å². The van der Waals surface area contributed by atoms with Crippen molar-refractivity contribution in [3.63, 3.8) is 0 Å². The monoisotopic (exact) mass is 453 g/mol. The molecule has 6 heteroatoms. The van der Waals surface area contributed by atoms with Gasteiger partial charge in [0.2, 0.25) is 5.91 Å². The van der Waals surface area contributed by atoms with Gasteiger partial charge in [-0.3, -0.25) is 9.59 Å². The average Bonchev–Trinajstić information content (AvgIpc) is 2.74. The molecule has 0 heterocycles. The fraction of sp³-hybridized carbons (Fsp3) is 0.808. The smallest absolute Gasteiger partial charge is 0.326 e. The van der Waals surface area contributed by atoms with E-state index in [1.54, 1.807) is 0 Å². The van der Waals surface area contributed by atoms with Crippen LogP contribution >= 0.6 is 0 Å². The number of hydrogen-bond donors (Lipinski definition) is 3. The zero-order chi connectivity index (χ0) is 23.9. The highest BCUT2D eigenvalue weighted by molar-refractivity contribution is 5.86. The lowest BCUT2D eigenvalue weighted by atomic mass is 10.1. The summed E-state index contributed by atoms with van der Waals surface area (Å²) in [6.45, 7) is 2.26. The predicted molar refractivity (Wildman–Crippen MR) is 130 cm³/mol. The van der Waals surface area contributed by atoms with E-state index in [0.717, 1.165) is 25.7 Å². The number of rotatable bonds is 23. The molecule has 0 aromatic heterocycles. The van der Waals surface area contributed by atoms with Crippen molar-refractivity contribution in [3.05, 3.63) is 12.2 Å². The van der Waals surface area contributed by atoms with E-state index in [9.17, 15) is 14.4 Å². The summed E-state index contributed by atoms with van der Waals surface area (Å²) < 4.78 is 0. The maximum absolute atomic E-state index is 11.7. The van der Waals surface area contributed by atoms with Gasteiger partial charge in [0, 0.05) is 6.42 Å². The molecule has 0 unspecified atom stereocenters. The number of carboxylic acid groups (broad SMARTS) is 2. The molecule has 0 radical (unpaired) electrons. The number of carboxylic acids is 2. The Morgan fingerprint density at radius 3 is 1.56 bits per heavy atom. The number of carbonyl (C=O) groups is 3. The fourth-order valence-corrected chi connectivity index (χ4v) is 3.70. The van der Waals surface area contributed by atoms with Crippen LogP contribution in [-0.2, 0) is 14.4 Å². The SMILES string of the molecule is CCCCCCCCCC/C=C\CCCCCCCCCC(=O)N[C@@H](CC(=O)O)C(=O)O. The highest BCUT2D eigenvalue weighted by Crippen LogP contribution is 2.12. The first kappa shape index (κ1) is 30.1. The van der Waals surface area contributed by atoms with Gasteiger partial charge in [-0.1, -0.05) is 96.1 Å². The normalized spacial score (nSPS) is 12.2. The molecule has 0 saturated carbocycles. The molecule has 0 aliphatic carbocycles. The van der Waals surface area contributed by atoms with Crippen LogP contribution in [0.15, 0.2) is 12.2 Å². The van der Waals surface area contributed by atoms with Crippen LogP contribution < -0.4 is 5.32 Å². The molecule has 0 aliphatic heterocycles. The molecule has 0 aromatic carbocycles. The standard InChI is InChI=1S/C26H47NO5/c1-2-3-4-5-6-7-8-9-10-11-12-13-14-15-16-17-18-19-20-21-24(28)27-23(26(31)32)22-25(29)30/h11-12,23H,2-10,13-22H2,1H3,(H,27,28)(H,29,30)(H,31,32)/b12-11-/t23-/m0/s1. The molecule has 0 rings (SSSR count). The van der Waals surface area contributed by atoms with Crippen LogP contribution in [0.2, 0.25) is 0 Å². The van der Waals surface area contributed by atoms with E-state index in [2.05, 4.69) is 24.4 Å². The van der Waals surface area contributed by atoms with Gasteiger partial charge >= 0.3 is 11.9 Å². The largest absolute Gasteiger partial charge is 0.481 e. The number of hydrogen-bond acceptors (Lipinski definition) is 3. The molecule has 32 heavy (non-hydrogen) atoms. The summed E-state index contributed by atoms with van der Waals surface area (Å²) in [5.41, 5.74) is 0. The fourth-order valence-electron chi connectivity index (χ4n) is 3.70. The van der Waals surface area contributed by atoms with Gasteiger partial charge in [-0.25, -0.2) is 4.79 Å². The predicted octanol–water partition coefficient (Wildman–Crippen LogP) is 6.63. The Labute approximate surface area is 195 Å². The van der Waals surface area contributed by atoms with Gasteiger partial charge in [0.1, 0.15) is 6.04 Å². The Morgan fingerprint density at radius 1 is 0.688 bits per heavy atom. The van der Waals surface area contributed by atoms with Gasteiger partial charge in [-0.15, -0.1) is 0 Å². The summed E-state index contributed by atoms with van der Waals surface area (Å²) in [6.07, 6.45) is 25.2.